The summed E-state index contributed by atoms with van der Waals surface area (Å²) in [7, 11) is 1.75. The minimum Gasteiger partial charge on any atom is -0.385 e. The number of methoxy groups -OCH3 is 1. The molecule has 22 heavy (non-hydrogen) atoms. The molecule has 4 nitrogen and oxygen atoms in total. The zero-order valence-electron chi connectivity index (χ0n) is 13.1. The summed E-state index contributed by atoms with van der Waals surface area (Å²) in [6.45, 7) is 3.52. The van der Waals surface area contributed by atoms with Gasteiger partial charge in [-0.2, -0.15) is 0 Å². The molecule has 2 aliphatic heterocycles. The number of anilines is 1. The van der Waals surface area contributed by atoms with E-state index in [0.717, 1.165) is 63.2 Å². The predicted molar refractivity (Wildman–Crippen MR) is 91.0 cm³/mol. The average Bonchev–Trinajstić information content (AvgIpc) is 2.55. The Hall–Kier alpha value is -1.26. The number of nitrogens with one attached hydrogen (secondary N) is 1. The fraction of sp³-hybridized carbons (Fsp3) is 0.588. The minimum atomic E-state index is 0. The lowest BCUT2D eigenvalue weighted by atomic mass is 9.94. The molecule has 5 heteroatoms. The van der Waals surface area contributed by atoms with Gasteiger partial charge < -0.3 is 15.0 Å². The maximum Gasteiger partial charge on any atom is 0.254 e. The number of benzene rings is 1. The number of hydrogen-bond donors (Lipinski definition) is 1. The number of piperidine rings is 1. The third kappa shape index (κ3) is 3.55. The molecule has 0 bridgehead atoms. The first-order valence-electron chi connectivity index (χ1n) is 7.93. The third-order valence-corrected chi connectivity index (χ3v) is 4.63. The van der Waals surface area contributed by atoms with Gasteiger partial charge in [0.25, 0.3) is 5.91 Å². The first-order valence-corrected chi connectivity index (χ1v) is 7.93. The molecule has 2 heterocycles. The quantitative estimate of drug-likeness (QED) is 0.929. The molecule has 3 rings (SSSR count). The van der Waals surface area contributed by atoms with Crippen LogP contribution in [0.1, 0.15) is 35.2 Å². The number of ether oxygens (including phenoxy) is 1. The van der Waals surface area contributed by atoms with Gasteiger partial charge in [0.2, 0.25) is 0 Å². The van der Waals surface area contributed by atoms with Gasteiger partial charge in [0, 0.05) is 44.6 Å². The molecule has 0 spiro atoms. The maximum absolute atomic E-state index is 12.8. The number of fused-ring (bicyclic) bond motifs is 1. The van der Waals surface area contributed by atoms with Crippen molar-refractivity contribution in [2.45, 2.75) is 25.7 Å². The highest BCUT2D eigenvalue weighted by Gasteiger charge is 2.26. The van der Waals surface area contributed by atoms with E-state index in [0.29, 0.717) is 5.92 Å². The fourth-order valence-corrected chi connectivity index (χ4v) is 3.42. The summed E-state index contributed by atoms with van der Waals surface area (Å²) in [5.74, 6) is 0.803. The van der Waals surface area contributed by atoms with Gasteiger partial charge in [-0.15, -0.1) is 12.4 Å². The number of nitrogens with zero attached hydrogens (tertiary/aromatic N) is 1. The van der Waals surface area contributed by atoms with Crippen LogP contribution < -0.4 is 5.32 Å². The minimum absolute atomic E-state index is 0. The zero-order chi connectivity index (χ0) is 14.7. The number of carbonyl (C=O) groups excluding carboxylic acids is 1. The summed E-state index contributed by atoms with van der Waals surface area (Å²) < 4.78 is 5.22. The summed E-state index contributed by atoms with van der Waals surface area (Å²) in [5.41, 5.74) is 3.24. The van der Waals surface area contributed by atoms with Crippen molar-refractivity contribution < 1.29 is 9.53 Å². The van der Waals surface area contributed by atoms with Crippen LogP contribution >= 0.6 is 12.4 Å². The van der Waals surface area contributed by atoms with E-state index in [4.69, 9.17) is 4.74 Å². The van der Waals surface area contributed by atoms with Gasteiger partial charge in [0.1, 0.15) is 0 Å². The van der Waals surface area contributed by atoms with Crippen LogP contribution in [-0.4, -0.2) is 44.2 Å². The van der Waals surface area contributed by atoms with Gasteiger partial charge in [-0.05, 0) is 49.3 Å². The highest BCUT2D eigenvalue weighted by Crippen LogP contribution is 2.27. The Morgan fingerprint density at radius 3 is 2.86 bits per heavy atom. The first-order chi connectivity index (χ1) is 10.3. The summed E-state index contributed by atoms with van der Waals surface area (Å²) in [6.07, 6.45) is 4.21. The number of amides is 1. The fourth-order valence-electron chi connectivity index (χ4n) is 3.42. The second kappa shape index (κ2) is 7.84. The van der Waals surface area contributed by atoms with Crippen LogP contribution in [0.25, 0.3) is 0 Å². The summed E-state index contributed by atoms with van der Waals surface area (Å²) in [4.78, 5) is 14.8. The second-order valence-electron chi connectivity index (χ2n) is 6.05. The Bertz CT molecular complexity index is 513. The molecule has 0 unspecified atom stereocenters. The van der Waals surface area contributed by atoms with E-state index in [-0.39, 0.29) is 18.3 Å². The molecule has 1 aromatic rings. The SMILES string of the molecule is COCC1CCN(C(=O)c2cccc3c2CCCN3)CC1.Cl. The van der Waals surface area contributed by atoms with Gasteiger partial charge >= 0.3 is 0 Å². The Morgan fingerprint density at radius 2 is 2.14 bits per heavy atom. The van der Waals surface area contributed by atoms with Crippen molar-refractivity contribution in [3.8, 4) is 0 Å². The molecule has 1 amide bonds. The van der Waals surface area contributed by atoms with Gasteiger partial charge in [0.15, 0.2) is 0 Å². The third-order valence-electron chi connectivity index (χ3n) is 4.63. The van der Waals surface area contributed by atoms with Crippen molar-refractivity contribution in [2.24, 2.45) is 5.92 Å². The van der Waals surface area contributed by atoms with Gasteiger partial charge in [-0.1, -0.05) is 6.07 Å². The molecule has 0 saturated carbocycles. The molecule has 0 radical (unpaired) electrons. The summed E-state index contributed by atoms with van der Waals surface area (Å²) in [5, 5.41) is 3.40. The number of halogens is 1. The highest BCUT2D eigenvalue weighted by atomic mass is 35.5. The van der Waals surface area contributed by atoms with Crippen LogP contribution in [0.2, 0.25) is 0 Å². The molecule has 0 aliphatic carbocycles. The molecular weight excluding hydrogens is 300 g/mol. The Balaban J connectivity index is 0.00000176. The molecule has 0 aromatic heterocycles. The van der Waals surface area contributed by atoms with Crippen molar-refractivity contribution in [1.82, 2.24) is 4.90 Å². The first kappa shape index (κ1) is 17.1. The van der Waals surface area contributed by atoms with E-state index >= 15 is 0 Å². The molecule has 2 aliphatic rings. The summed E-state index contributed by atoms with van der Waals surface area (Å²) in [6, 6.07) is 6.05. The molecule has 1 aromatic carbocycles. The van der Waals surface area contributed by atoms with Crippen molar-refractivity contribution in [2.75, 3.05) is 38.7 Å². The lowest BCUT2D eigenvalue weighted by Gasteiger charge is -2.32. The smallest absolute Gasteiger partial charge is 0.254 e. The van der Waals surface area contributed by atoms with Crippen LogP contribution in [0.15, 0.2) is 18.2 Å². The number of likely N-dealkylation sites (tertiary alicyclic amines) is 1. The molecule has 1 saturated heterocycles. The lowest BCUT2D eigenvalue weighted by molar-refractivity contribution is 0.0612. The van der Waals surface area contributed by atoms with Crippen molar-refractivity contribution in [1.29, 1.82) is 0 Å². The monoisotopic (exact) mass is 324 g/mol. The van der Waals surface area contributed by atoms with E-state index in [9.17, 15) is 4.79 Å². The molecular formula is C17H25ClN2O2. The zero-order valence-corrected chi connectivity index (χ0v) is 14.0. The van der Waals surface area contributed by atoms with Crippen LogP contribution in [0, 0.1) is 5.92 Å². The molecule has 0 atom stereocenters. The largest absolute Gasteiger partial charge is 0.385 e. The standard InChI is InChI=1S/C17H24N2O2.ClH/c1-21-12-13-7-10-19(11-8-13)17(20)15-4-2-6-16-14(15)5-3-9-18-16;/h2,4,6,13,18H,3,5,7-12H2,1H3;1H. The van der Waals surface area contributed by atoms with E-state index in [1.807, 2.05) is 17.0 Å². The Kier molecular flexibility index (Phi) is 6.09. The van der Waals surface area contributed by atoms with Gasteiger partial charge in [-0.3, -0.25) is 4.79 Å². The van der Waals surface area contributed by atoms with Crippen molar-refractivity contribution >= 4 is 24.0 Å². The average molecular weight is 325 g/mol. The Labute approximate surface area is 138 Å². The van der Waals surface area contributed by atoms with E-state index in [1.54, 1.807) is 7.11 Å². The Morgan fingerprint density at radius 1 is 1.36 bits per heavy atom. The highest BCUT2D eigenvalue weighted by molar-refractivity contribution is 5.97. The van der Waals surface area contributed by atoms with E-state index < -0.39 is 0 Å². The van der Waals surface area contributed by atoms with E-state index in [1.165, 1.54) is 5.56 Å². The van der Waals surface area contributed by atoms with Gasteiger partial charge in [0.05, 0.1) is 0 Å². The maximum atomic E-state index is 12.8. The second-order valence-corrected chi connectivity index (χ2v) is 6.05. The normalized spacial score (nSPS) is 18.1. The lowest BCUT2D eigenvalue weighted by Crippen LogP contribution is -2.40. The molecule has 1 N–H and O–H groups in total. The van der Waals surface area contributed by atoms with E-state index in [2.05, 4.69) is 11.4 Å². The van der Waals surface area contributed by atoms with Crippen LogP contribution in [-0.2, 0) is 11.2 Å². The number of hydrogen-bond acceptors (Lipinski definition) is 3. The van der Waals surface area contributed by atoms with Crippen molar-refractivity contribution in [3.05, 3.63) is 29.3 Å². The van der Waals surface area contributed by atoms with Gasteiger partial charge in [-0.25, -0.2) is 0 Å². The van der Waals surface area contributed by atoms with Crippen LogP contribution in [0.4, 0.5) is 5.69 Å². The molecule has 1 fully saturated rings. The van der Waals surface area contributed by atoms with Crippen molar-refractivity contribution in [3.63, 3.8) is 0 Å². The van der Waals surface area contributed by atoms with Crippen LogP contribution in [0.5, 0.6) is 0 Å². The number of rotatable bonds is 3. The molecule has 122 valence electrons. The summed E-state index contributed by atoms with van der Waals surface area (Å²) >= 11 is 0. The topological polar surface area (TPSA) is 41.6 Å². The number of carbonyl (C=O) groups is 1. The predicted octanol–water partition coefficient (Wildman–Crippen LogP) is 2.97. The van der Waals surface area contributed by atoms with Crippen LogP contribution in [0.3, 0.4) is 0 Å².